The van der Waals surface area contributed by atoms with Crippen LogP contribution in [0.4, 0.5) is 5.82 Å². The quantitative estimate of drug-likeness (QED) is 0.894. The van der Waals surface area contributed by atoms with E-state index in [0.29, 0.717) is 0 Å². The fourth-order valence-electron chi connectivity index (χ4n) is 2.49. The summed E-state index contributed by atoms with van der Waals surface area (Å²) in [6.45, 7) is 4.31. The van der Waals surface area contributed by atoms with Crippen molar-refractivity contribution in [3.05, 3.63) is 46.6 Å². The van der Waals surface area contributed by atoms with Crippen LogP contribution in [0.1, 0.15) is 35.7 Å². The molecule has 0 unspecified atom stereocenters. The molecule has 0 bridgehead atoms. The minimum atomic E-state index is 0.820. The summed E-state index contributed by atoms with van der Waals surface area (Å²) < 4.78 is 1.80. The van der Waals surface area contributed by atoms with Crippen molar-refractivity contribution in [3.8, 4) is 0 Å². The van der Waals surface area contributed by atoms with Gasteiger partial charge in [-0.05, 0) is 31.7 Å². The van der Waals surface area contributed by atoms with E-state index in [9.17, 15) is 0 Å². The second-order valence-electron chi connectivity index (χ2n) is 5.17. The Morgan fingerprint density at radius 3 is 2.68 bits per heavy atom. The Balaban J connectivity index is 2.13. The van der Waals surface area contributed by atoms with Crippen LogP contribution in [-0.2, 0) is 26.3 Å². The van der Waals surface area contributed by atoms with Gasteiger partial charge in [-0.3, -0.25) is 4.68 Å². The van der Waals surface area contributed by atoms with Gasteiger partial charge in [0.1, 0.15) is 5.82 Å². The summed E-state index contributed by atoms with van der Waals surface area (Å²) >= 11 is 0. The number of benzene rings is 1. The third-order valence-electron chi connectivity index (χ3n) is 3.51. The van der Waals surface area contributed by atoms with Crippen LogP contribution in [0.25, 0.3) is 0 Å². The van der Waals surface area contributed by atoms with Crippen LogP contribution >= 0.6 is 0 Å². The molecular weight excluding hydrogens is 234 g/mol. The zero-order valence-corrected chi connectivity index (χ0v) is 12.1. The van der Waals surface area contributed by atoms with E-state index >= 15 is 0 Å². The SMILES string of the molecule is CCCc1c(CCc2cccc(C)c2)nn(C)c1N. The molecule has 1 aromatic heterocycles. The Hall–Kier alpha value is -1.77. The van der Waals surface area contributed by atoms with Crippen LogP contribution in [-0.4, -0.2) is 9.78 Å². The van der Waals surface area contributed by atoms with E-state index in [0.717, 1.165) is 37.2 Å². The zero-order valence-electron chi connectivity index (χ0n) is 12.1. The molecule has 19 heavy (non-hydrogen) atoms. The summed E-state index contributed by atoms with van der Waals surface area (Å²) in [4.78, 5) is 0. The van der Waals surface area contributed by atoms with Crippen LogP contribution in [0.3, 0.4) is 0 Å². The molecule has 102 valence electrons. The number of aromatic nitrogens is 2. The summed E-state index contributed by atoms with van der Waals surface area (Å²) in [7, 11) is 1.92. The molecule has 1 aromatic carbocycles. The first-order valence-corrected chi connectivity index (χ1v) is 6.97. The number of rotatable bonds is 5. The fraction of sp³-hybridized carbons (Fsp3) is 0.438. The molecule has 0 saturated carbocycles. The number of nitrogen functional groups attached to an aromatic ring is 1. The van der Waals surface area contributed by atoms with Crippen LogP contribution in [0, 0.1) is 6.92 Å². The van der Waals surface area contributed by atoms with Gasteiger partial charge in [0.05, 0.1) is 5.69 Å². The highest BCUT2D eigenvalue weighted by Crippen LogP contribution is 2.20. The predicted octanol–water partition coefficient (Wildman–Crippen LogP) is 3.05. The Labute approximate surface area is 115 Å². The summed E-state index contributed by atoms with van der Waals surface area (Å²) in [5.74, 6) is 0.820. The molecule has 2 aromatic rings. The van der Waals surface area contributed by atoms with Gasteiger partial charge < -0.3 is 5.73 Å². The first-order valence-electron chi connectivity index (χ1n) is 6.97. The number of hydrogen-bond acceptors (Lipinski definition) is 2. The van der Waals surface area contributed by atoms with E-state index in [1.807, 2.05) is 7.05 Å². The average Bonchev–Trinajstić information content (AvgIpc) is 2.65. The van der Waals surface area contributed by atoms with E-state index in [1.54, 1.807) is 4.68 Å². The van der Waals surface area contributed by atoms with E-state index in [2.05, 4.69) is 43.2 Å². The highest BCUT2D eigenvalue weighted by atomic mass is 15.3. The highest BCUT2D eigenvalue weighted by Gasteiger charge is 2.12. The molecule has 0 aliphatic heterocycles. The van der Waals surface area contributed by atoms with E-state index in [1.165, 1.54) is 16.7 Å². The maximum absolute atomic E-state index is 6.08. The van der Waals surface area contributed by atoms with Gasteiger partial charge in [0.15, 0.2) is 0 Å². The second-order valence-corrected chi connectivity index (χ2v) is 5.17. The van der Waals surface area contributed by atoms with Gasteiger partial charge in [0.2, 0.25) is 0 Å². The lowest BCUT2D eigenvalue weighted by Crippen LogP contribution is -1.99. The molecule has 3 heteroatoms. The van der Waals surface area contributed by atoms with Gasteiger partial charge in [-0.1, -0.05) is 43.2 Å². The Morgan fingerprint density at radius 1 is 1.21 bits per heavy atom. The maximum Gasteiger partial charge on any atom is 0.124 e. The molecule has 0 aliphatic carbocycles. The highest BCUT2D eigenvalue weighted by molar-refractivity contribution is 5.43. The number of anilines is 1. The van der Waals surface area contributed by atoms with Gasteiger partial charge in [0, 0.05) is 12.6 Å². The molecule has 0 fully saturated rings. The standard InChI is InChI=1S/C16H23N3/c1-4-6-14-15(18-19(3)16(14)17)10-9-13-8-5-7-12(2)11-13/h5,7-8,11H,4,6,9-10,17H2,1-3H3. The Kier molecular flexibility index (Phi) is 4.25. The van der Waals surface area contributed by atoms with Crippen molar-refractivity contribution in [1.82, 2.24) is 9.78 Å². The number of aryl methyl sites for hydroxylation is 4. The predicted molar refractivity (Wildman–Crippen MR) is 80.2 cm³/mol. The molecule has 0 aliphatic rings. The van der Waals surface area contributed by atoms with Gasteiger partial charge in [-0.25, -0.2) is 0 Å². The van der Waals surface area contributed by atoms with Gasteiger partial charge in [0.25, 0.3) is 0 Å². The lowest BCUT2D eigenvalue weighted by Gasteiger charge is -2.03. The van der Waals surface area contributed by atoms with E-state index in [4.69, 9.17) is 5.73 Å². The number of nitrogens with zero attached hydrogens (tertiary/aromatic N) is 2. The number of nitrogens with two attached hydrogens (primary N) is 1. The Morgan fingerprint density at radius 2 is 2.00 bits per heavy atom. The van der Waals surface area contributed by atoms with Crippen molar-refractivity contribution in [3.63, 3.8) is 0 Å². The third-order valence-corrected chi connectivity index (χ3v) is 3.51. The topological polar surface area (TPSA) is 43.8 Å². The summed E-state index contributed by atoms with van der Waals surface area (Å²) in [6.07, 6.45) is 4.11. The molecular formula is C16H23N3. The molecule has 0 amide bonds. The van der Waals surface area contributed by atoms with Crippen molar-refractivity contribution in [2.45, 2.75) is 39.5 Å². The zero-order chi connectivity index (χ0) is 13.8. The lowest BCUT2D eigenvalue weighted by molar-refractivity contribution is 0.744. The third kappa shape index (κ3) is 3.16. The minimum absolute atomic E-state index is 0.820. The van der Waals surface area contributed by atoms with Crippen molar-refractivity contribution >= 4 is 5.82 Å². The molecule has 2 rings (SSSR count). The van der Waals surface area contributed by atoms with Crippen LogP contribution in [0.15, 0.2) is 24.3 Å². The molecule has 3 nitrogen and oxygen atoms in total. The molecule has 0 radical (unpaired) electrons. The summed E-state index contributed by atoms with van der Waals surface area (Å²) in [5, 5.41) is 4.56. The normalized spacial score (nSPS) is 10.9. The fourth-order valence-corrected chi connectivity index (χ4v) is 2.49. The van der Waals surface area contributed by atoms with Crippen molar-refractivity contribution in [2.24, 2.45) is 7.05 Å². The lowest BCUT2D eigenvalue weighted by atomic mass is 10.0. The van der Waals surface area contributed by atoms with E-state index < -0.39 is 0 Å². The minimum Gasteiger partial charge on any atom is -0.384 e. The van der Waals surface area contributed by atoms with Crippen molar-refractivity contribution < 1.29 is 0 Å². The van der Waals surface area contributed by atoms with Gasteiger partial charge in [-0.15, -0.1) is 0 Å². The molecule has 2 N–H and O–H groups in total. The van der Waals surface area contributed by atoms with Crippen LogP contribution in [0.2, 0.25) is 0 Å². The second kappa shape index (κ2) is 5.91. The molecule has 1 heterocycles. The average molecular weight is 257 g/mol. The molecule has 0 spiro atoms. The number of hydrogen-bond donors (Lipinski definition) is 1. The summed E-state index contributed by atoms with van der Waals surface area (Å²) in [6, 6.07) is 8.67. The molecule has 0 saturated heterocycles. The summed E-state index contributed by atoms with van der Waals surface area (Å²) in [5.41, 5.74) is 11.2. The molecule has 0 atom stereocenters. The first kappa shape index (κ1) is 13.7. The Bertz CT molecular complexity index is 555. The van der Waals surface area contributed by atoms with Crippen LogP contribution in [0.5, 0.6) is 0 Å². The van der Waals surface area contributed by atoms with Gasteiger partial charge >= 0.3 is 0 Å². The maximum atomic E-state index is 6.08. The van der Waals surface area contributed by atoms with Crippen molar-refractivity contribution in [2.75, 3.05) is 5.73 Å². The largest absolute Gasteiger partial charge is 0.384 e. The van der Waals surface area contributed by atoms with Crippen LogP contribution < -0.4 is 5.73 Å². The smallest absolute Gasteiger partial charge is 0.124 e. The van der Waals surface area contributed by atoms with Gasteiger partial charge in [-0.2, -0.15) is 5.10 Å². The first-order chi connectivity index (χ1) is 9.11. The van der Waals surface area contributed by atoms with E-state index in [-0.39, 0.29) is 0 Å². The van der Waals surface area contributed by atoms with Crippen molar-refractivity contribution in [1.29, 1.82) is 0 Å². The monoisotopic (exact) mass is 257 g/mol.